The van der Waals surface area contributed by atoms with Crippen molar-refractivity contribution >= 4 is 22.2 Å². The number of hydrogen-bond donors (Lipinski definition) is 0. The molecule has 1 saturated heterocycles. The summed E-state index contributed by atoms with van der Waals surface area (Å²) < 4.78 is 40.1. The highest BCUT2D eigenvalue weighted by atomic mass is 32.2. The normalized spacial score (nSPS) is 24.1. The Balaban J connectivity index is 1.63. The number of carbonyl (C=O) groups is 2. The van der Waals surface area contributed by atoms with Crippen LogP contribution in [0.4, 0.5) is 4.79 Å². The molecular weight excluding hydrogens is 434 g/mol. The van der Waals surface area contributed by atoms with Gasteiger partial charge in [-0.1, -0.05) is 30.3 Å². The lowest BCUT2D eigenvalue weighted by atomic mass is 9.74. The van der Waals surface area contributed by atoms with Gasteiger partial charge in [-0.2, -0.15) is 8.42 Å². The van der Waals surface area contributed by atoms with Gasteiger partial charge >= 0.3 is 12.1 Å². The van der Waals surface area contributed by atoms with Crippen molar-refractivity contribution in [3.63, 3.8) is 0 Å². The largest absolute Gasteiger partial charge is 0.459 e. The van der Waals surface area contributed by atoms with Crippen molar-refractivity contribution in [3.05, 3.63) is 35.9 Å². The SMILES string of the molecule is CC(C)(C)OC(=O)C1(CC2CN(C(=O)OCc3ccccc3)C2)CCCC1OS(C)(=O)=O. The van der Waals surface area contributed by atoms with Crippen LogP contribution in [-0.4, -0.2) is 56.4 Å². The molecule has 1 aliphatic carbocycles. The molecule has 32 heavy (non-hydrogen) atoms. The number of nitrogens with zero attached hydrogens (tertiary/aromatic N) is 1. The summed E-state index contributed by atoms with van der Waals surface area (Å²) in [6.45, 7) is 6.45. The molecular formula is C23H33NO7S. The number of esters is 1. The first kappa shape index (κ1) is 24.5. The van der Waals surface area contributed by atoms with Crippen molar-refractivity contribution in [2.75, 3.05) is 19.3 Å². The first-order chi connectivity index (χ1) is 14.9. The van der Waals surface area contributed by atoms with Crippen molar-refractivity contribution in [1.82, 2.24) is 4.90 Å². The molecule has 1 aliphatic heterocycles. The van der Waals surface area contributed by atoms with E-state index in [1.54, 1.807) is 25.7 Å². The Morgan fingerprint density at radius 2 is 1.81 bits per heavy atom. The van der Waals surface area contributed by atoms with E-state index in [1.807, 2.05) is 30.3 Å². The van der Waals surface area contributed by atoms with E-state index < -0.39 is 39.3 Å². The van der Waals surface area contributed by atoms with Gasteiger partial charge in [0.05, 0.1) is 17.8 Å². The summed E-state index contributed by atoms with van der Waals surface area (Å²) in [5.74, 6) is -0.392. The van der Waals surface area contributed by atoms with Gasteiger partial charge in [0.15, 0.2) is 0 Å². The van der Waals surface area contributed by atoms with Crippen LogP contribution < -0.4 is 0 Å². The summed E-state index contributed by atoms with van der Waals surface area (Å²) in [5, 5.41) is 0. The van der Waals surface area contributed by atoms with Gasteiger partial charge in [-0.05, 0) is 57.9 Å². The second kappa shape index (κ2) is 9.39. The lowest BCUT2D eigenvalue weighted by molar-refractivity contribution is -0.174. The molecule has 8 nitrogen and oxygen atoms in total. The van der Waals surface area contributed by atoms with Crippen LogP contribution in [0.2, 0.25) is 0 Å². The monoisotopic (exact) mass is 467 g/mol. The van der Waals surface area contributed by atoms with Crippen molar-refractivity contribution in [2.45, 2.75) is 64.8 Å². The summed E-state index contributed by atoms with van der Waals surface area (Å²) in [6.07, 6.45) is 1.90. The molecule has 2 fully saturated rings. The molecule has 2 aliphatic rings. The fraction of sp³-hybridized carbons (Fsp3) is 0.652. The standard InChI is InChI=1S/C23H33NO7S/c1-22(2,3)30-20(25)23(12-8-11-19(23)31-32(4,27)28)13-18-14-24(15-18)21(26)29-16-17-9-6-5-7-10-17/h5-7,9-10,18-19H,8,11-16H2,1-4H3. The lowest BCUT2D eigenvalue weighted by Gasteiger charge is -2.44. The Kier molecular flexibility index (Phi) is 7.19. The summed E-state index contributed by atoms with van der Waals surface area (Å²) in [7, 11) is -3.73. The third-order valence-electron chi connectivity index (χ3n) is 5.88. The van der Waals surface area contributed by atoms with Crippen LogP contribution in [0.3, 0.4) is 0 Å². The molecule has 0 radical (unpaired) electrons. The third-order valence-corrected chi connectivity index (χ3v) is 6.46. The van der Waals surface area contributed by atoms with E-state index in [0.29, 0.717) is 38.8 Å². The summed E-state index contributed by atoms with van der Waals surface area (Å²) >= 11 is 0. The minimum Gasteiger partial charge on any atom is -0.459 e. The Morgan fingerprint density at radius 3 is 2.41 bits per heavy atom. The zero-order chi connectivity index (χ0) is 23.6. The van der Waals surface area contributed by atoms with E-state index in [9.17, 15) is 18.0 Å². The van der Waals surface area contributed by atoms with Crippen LogP contribution >= 0.6 is 0 Å². The van der Waals surface area contributed by atoms with Crippen LogP contribution in [0.1, 0.15) is 52.0 Å². The molecule has 0 bridgehead atoms. The molecule has 0 N–H and O–H groups in total. The maximum absolute atomic E-state index is 13.2. The average molecular weight is 468 g/mol. The Hall–Kier alpha value is -2.13. The summed E-state index contributed by atoms with van der Waals surface area (Å²) in [4.78, 5) is 27.2. The molecule has 2 atom stereocenters. The third kappa shape index (κ3) is 6.22. The molecule has 178 valence electrons. The highest BCUT2D eigenvalue weighted by Crippen LogP contribution is 2.48. The maximum Gasteiger partial charge on any atom is 0.410 e. The topological polar surface area (TPSA) is 99.2 Å². The van der Waals surface area contributed by atoms with Crippen LogP contribution in [0.5, 0.6) is 0 Å². The van der Waals surface area contributed by atoms with E-state index in [1.165, 1.54) is 0 Å². The first-order valence-corrected chi connectivity index (χ1v) is 12.8. The number of likely N-dealkylation sites (tertiary alicyclic amines) is 1. The maximum atomic E-state index is 13.2. The fourth-order valence-corrected chi connectivity index (χ4v) is 5.20. The van der Waals surface area contributed by atoms with Gasteiger partial charge in [0.25, 0.3) is 10.1 Å². The number of rotatable bonds is 7. The molecule has 0 spiro atoms. The Morgan fingerprint density at radius 1 is 1.16 bits per heavy atom. The highest BCUT2D eigenvalue weighted by Gasteiger charge is 2.55. The number of ether oxygens (including phenoxy) is 2. The zero-order valence-corrected chi connectivity index (χ0v) is 20.0. The van der Waals surface area contributed by atoms with Gasteiger partial charge in [-0.25, -0.2) is 4.79 Å². The van der Waals surface area contributed by atoms with Gasteiger partial charge in [0.1, 0.15) is 12.2 Å². The van der Waals surface area contributed by atoms with Crippen LogP contribution in [0.25, 0.3) is 0 Å². The minimum atomic E-state index is -3.73. The van der Waals surface area contributed by atoms with Gasteiger partial charge in [-0.15, -0.1) is 0 Å². The highest BCUT2D eigenvalue weighted by molar-refractivity contribution is 7.86. The molecule has 9 heteroatoms. The predicted molar refractivity (Wildman–Crippen MR) is 118 cm³/mol. The van der Waals surface area contributed by atoms with E-state index in [0.717, 1.165) is 11.8 Å². The van der Waals surface area contributed by atoms with E-state index in [2.05, 4.69) is 0 Å². The second-order valence-electron chi connectivity index (χ2n) is 9.85. The average Bonchev–Trinajstić information content (AvgIpc) is 3.03. The quantitative estimate of drug-likeness (QED) is 0.447. The second-order valence-corrected chi connectivity index (χ2v) is 11.5. The molecule has 1 saturated carbocycles. The summed E-state index contributed by atoms with van der Waals surface area (Å²) in [5.41, 5.74) is -0.829. The van der Waals surface area contributed by atoms with Crippen LogP contribution in [-0.2, 0) is 35.2 Å². The van der Waals surface area contributed by atoms with Gasteiger partial charge in [0.2, 0.25) is 0 Å². The number of hydrogen-bond acceptors (Lipinski definition) is 7. The van der Waals surface area contributed by atoms with E-state index >= 15 is 0 Å². The van der Waals surface area contributed by atoms with Crippen molar-refractivity contribution in [3.8, 4) is 0 Å². The van der Waals surface area contributed by atoms with Gasteiger partial charge < -0.3 is 14.4 Å². The molecule has 3 rings (SSSR count). The van der Waals surface area contributed by atoms with Crippen molar-refractivity contribution in [2.24, 2.45) is 11.3 Å². The Bertz CT molecular complexity index is 919. The first-order valence-electron chi connectivity index (χ1n) is 11.0. The number of amides is 1. The summed E-state index contributed by atoms with van der Waals surface area (Å²) in [6, 6.07) is 9.44. The smallest absolute Gasteiger partial charge is 0.410 e. The van der Waals surface area contributed by atoms with Gasteiger partial charge in [-0.3, -0.25) is 8.98 Å². The molecule has 0 aromatic heterocycles. The lowest BCUT2D eigenvalue weighted by Crippen LogP contribution is -2.54. The van der Waals surface area contributed by atoms with E-state index in [4.69, 9.17) is 13.7 Å². The van der Waals surface area contributed by atoms with Gasteiger partial charge in [0, 0.05) is 13.1 Å². The number of benzene rings is 1. The fourth-order valence-electron chi connectivity index (χ4n) is 4.50. The zero-order valence-electron chi connectivity index (χ0n) is 19.2. The number of carbonyl (C=O) groups excluding carboxylic acids is 2. The van der Waals surface area contributed by atoms with Crippen LogP contribution in [0.15, 0.2) is 30.3 Å². The molecule has 1 aromatic carbocycles. The Labute approximate surface area is 190 Å². The minimum absolute atomic E-state index is 0.0375. The van der Waals surface area contributed by atoms with E-state index in [-0.39, 0.29) is 12.5 Å². The molecule has 1 heterocycles. The van der Waals surface area contributed by atoms with Crippen molar-refractivity contribution in [1.29, 1.82) is 0 Å². The predicted octanol–water partition coefficient (Wildman–Crippen LogP) is 3.50. The van der Waals surface area contributed by atoms with Crippen molar-refractivity contribution < 1.29 is 31.7 Å². The molecule has 1 amide bonds. The molecule has 1 aromatic rings. The molecule has 2 unspecified atom stereocenters. The van der Waals surface area contributed by atoms with Crippen LogP contribution in [0, 0.1) is 11.3 Å².